The van der Waals surface area contributed by atoms with E-state index in [0.29, 0.717) is 10.6 Å². The van der Waals surface area contributed by atoms with Crippen molar-refractivity contribution in [2.75, 3.05) is 18.2 Å². The van der Waals surface area contributed by atoms with Gasteiger partial charge in [0.25, 0.3) is 0 Å². The predicted molar refractivity (Wildman–Crippen MR) is 79.7 cm³/mol. The van der Waals surface area contributed by atoms with Crippen LogP contribution in [0.1, 0.15) is 25.7 Å². The monoisotopic (exact) mass is 346 g/mol. The molecule has 1 aliphatic carbocycles. The molecule has 2 rings (SSSR count). The van der Waals surface area contributed by atoms with Crippen LogP contribution < -0.4 is 4.74 Å². The molecule has 0 spiro atoms. The Morgan fingerprint density at radius 1 is 1.21 bits per heavy atom. The predicted octanol–water partition coefficient (Wildman–Crippen LogP) is 3.42. The van der Waals surface area contributed by atoms with Crippen LogP contribution in [0.3, 0.4) is 0 Å². The molecule has 0 bridgehead atoms. The van der Waals surface area contributed by atoms with Crippen molar-refractivity contribution < 1.29 is 13.2 Å². The van der Waals surface area contributed by atoms with Crippen LogP contribution in [0.5, 0.6) is 5.75 Å². The lowest BCUT2D eigenvalue weighted by atomic mass is 9.92. The van der Waals surface area contributed by atoms with Crippen molar-refractivity contribution in [1.29, 1.82) is 0 Å². The van der Waals surface area contributed by atoms with Gasteiger partial charge in [-0.2, -0.15) is 0 Å². The van der Waals surface area contributed by atoms with Crippen LogP contribution in [0.4, 0.5) is 0 Å². The zero-order chi connectivity index (χ0) is 13.9. The molecule has 1 saturated carbocycles. The van der Waals surface area contributed by atoms with E-state index in [4.69, 9.17) is 4.74 Å². The van der Waals surface area contributed by atoms with Gasteiger partial charge in [-0.3, -0.25) is 0 Å². The topological polar surface area (TPSA) is 43.4 Å². The molecule has 106 valence electrons. The van der Waals surface area contributed by atoms with Crippen molar-refractivity contribution in [3.05, 3.63) is 24.3 Å². The molecule has 1 fully saturated rings. The first-order valence-electron chi connectivity index (χ1n) is 6.44. The lowest BCUT2D eigenvalue weighted by Gasteiger charge is -2.26. The molecule has 0 radical (unpaired) electrons. The summed E-state index contributed by atoms with van der Waals surface area (Å²) in [5.74, 6) is 0.910. The van der Waals surface area contributed by atoms with Gasteiger partial charge in [0.1, 0.15) is 5.75 Å². The molecule has 1 aliphatic rings. The maximum absolute atomic E-state index is 12.5. The highest BCUT2D eigenvalue weighted by molar-refractivity contribution is 9.09. The molecule has 1 aromatic carbocycles. The average Bonchev–Trinajstić information content (AvgIpc) is 2.87. The van der Waals surface area contributed by atoms with E-state index in [1.54, 1.807) is 31.4 Å². The van der Waals surface area contributed by atoms with Crippen LogP contribution in [0.15, 0.2) is 29.2 Å². The minimum absolute atomic E-state index is 0.0846. The molecule has 0 N–H and O–H groups in total. The van der Waals surface area contributed by atoms with Crippen LogP contribution >= 0.6 is 15.9 Å². The number of hydrogen-bond donors (Lipinski definition) is 0. The number of benzene rings is 1. The third kappa shape index (κ3) is 3.31. The number of rotatable bonds is 5. The Morgan fingerprint density at radius 3 is 2.26 bits per heavy atom. The number of alkyl halides is 1. The fourth-order valence-corrected chi connectivity index (χ4v) is 5.65. The first kappa shape index (κ1) is 14.9. The highest BCUT2D eigenvalue weighted by atomic mass is 79.9. The molecule has 0 heterocycles. The third-order valence-electron chi connectivity index (χ3n) is 3.86. The van der Waals surface area contributed by atoms with Gasteiger partial charge in [0, 0.05) is 5.33 Å². The molecular weight excluding hydrogens is 328 g/mol. The van der Waals surface area contributed by atoms with Crippen LogP contribution in [-0.4, -0.2) is 26.6 Å². The van der Waals surface area contributed by atoms with E-state index in [-0.39, 0.29) is 11.2 Å². The zero-order valence-electron chi connectivity index (χ0n) is 11.1. The van der Waals surface area contributed by atoms with Gasteiger partial charge in [-0.25, -0.2) is 8.42 Å². The fourth-order valence-electron chi connectivity index (χ4n) is 2.71. The van der Waals surface area contributed by atoms with E-state index < -0.39 is 9.84 Å². The summed E-state index contributed by atoms with van der Waals surface area (Å²) in [4.78, 5) is 0.389. The van der Waals surface area contributed by atoms with Gasteiger partial charge in [0.05, 0.1) is 17.8 Å². The fraction of sp³-hybridized carbons (Fsp3) is 0.571. The summed E-state index contributed by atoms with van der Waals surface area (Å²) in [5.41, 5.74) is -0.0846. The summed E-state index contributed by atoms with van der Waals surface area (Å²) in [7, 11) is -1.65. The molecule has 1 aromatic rings. The second-order valence-electron chi connectivity index (χ2n) is 5.28. The molecule has 0 atom stereocenters. The summed E-state index contributed by atoms with van der Waals surface area (Å²) in [6.45, 7) is 0. The molecule has 0 unspecified atom stereocenters. The molecule has 3 nitrogen and oxygen atoms in total. The number of hydrogen-bond acceptors (Lipinski definition) is 3. The van der Waals surface area contributed by atoms with Crippen LogP contribution in [0.2, 0.25) is 0 Å². The summed E-state index contributed by atoms with van der Waals surface area (Å²) >= 11 is 3.50. The summed E-state index contributed by atoms with van der Waals surface area (Å²) < 4.78 is 30.0. The van der Waals surface area contributed by atoms with Gasteiger partial charge < -0.3 is 4.74 Å². The Kier molecular flexibility index (Phi) is 4.56. The third-order valence-corrected chi connectivity index (χ3v) is 7.03. The van der Waals surface area contributed by atoms with E-state index in [9.17, 15) is 8.42 Å². The van der Waals surface area contributed by atoms with Gasteiger partial charge in [0.2, 0.25) is 0 Å². The maximum atomic E-state index is 12.5. The zero-order valence-corrected chi connectivity index (χ0v) is 13.5. The SMILES string of the molecule is COc1ccc(S(=O)(=O)CC2(CBr)CCCC2)cc1. The van der Waals surface area contributed by atoms with Gasteiger partial charge >= 0.3 is 0 Å². The van der Waals surface area contributed by atoms with Crippen molar-refractivity contribution in [3.63, 3.8) is 0 Å². The second kappa shape index (κ2) is 5.83. The lowest BCUT2D eigenvalue weighted by Crippen LogP contribution is -2.29. The van der Waals surface area contributed by atoms with Crippen molar-refractivity contribution in [3.8, 4) is 5.75 Å². The molecule has 0 amide bonds. The molecule has 0 aliphatic heterocycles. The maximum Gasteiger partial charge on any atom is 0.178 e. The van der Waals surface area contributed by atoms with E-state index in [1.165, 1.54) is 0 Å². The van der Waals surface area contributed by atoms with Crippen LogP contribution in [0.25, 0.3) is 0 Å². The van der Waals surface area contributed by atoms with Gasteiger partial charge in [0.15, 0.2) is 9.84 Å². The Morgan fingerprint density at radius 2 is 1.79 bits per heavy atom. The second-order valence-corrected chi connectivity index (χ2v) is 7.83. The molecule has 19 heavy (non-hydrogen) atoms. The van der Waals surface area contributed by atoms with E-state index in [2.05, 4.69) is 15.9 Å². The highest BCUT2D eigenvalue weighted by Crippen LogP contribution is 2.41. The van der Waals surface area contributed by atoms with Crippen LogP contribution in [0, 0.1) is 5.41 Å². The van der Waals surface area contributed by atoms with E-state index >= 15 is 0 Å². The van der Waals surface area contributed by atoms with Crippen molar-refractivity contribution >= 4 is 25.8 Å². The van der Waals surface area contributed by atoms with Crippen LogP contribution in [-0.2, 0) is 9.84 Å². The first-order chi connectivity index (χ1) is 9.01. The van der Waals surface area contributed by atoms with E-state index in [1.807, 2.05) is 0 Å². The highest BCUT2D eigenvalue weighted by Gasteiger charge is 2.37. The Balaban J connectivity index is 2.21. The average molecular weight is 347 g/mol. The summed E-state index contributed by atoms with van der Waals surface area (Å²) in [5, 5.41) is 0.759. The van der Waals surface area contributed by atoms with Gasteiger partial charge in [-0.1, -0.05) is 28.8 Å². The van der Waals surface area contributed by atoms with Crippen molar-refractivity contribution in [1.82, 2.24) is 0 Å². The lowest BCUT2D eigenvalue weighted by molar-refractivity contribution is 0.394. The smallest absolute Gasteiger partial charge is 0.178 e. The van der Waals surface area contributed by atoms with Gasteiger partial charge in [-0.05, 0) is 42.5 Å². The first-order valence-corrected chi connectivity index (χ1v) is 9.22. The Bertz CT molecular complexity index is 516. The molecule has 0 saturated heterocycles. The minimum atomic E-state index is -3.22. The molecule has 0 aromatic heterocycles. The number of sulfone groups is 1. The number of halogens is 1. The number of ether oxygens (including phenoxy) is 1. The summed E-state index contributed by atoms with van der Waals surface area (Å²) in [6, 6.07) is 6.65. The quantitative estimate of drug-likeness (QED) is 0.767. The van der Waals surface area contributed by atoms with E-state index in [0.717, 1.165) is 31.0 Å². The largest absolute Gasteiger partial charge is 0.497 e. The standard InChI is InChI=1S/C14H19BrO3S/c1-18-12-4-6-13(7-5-12)19(16,17)11-14(10-15)8-2-3-9-14/h4-7H,2-3,8-11H2,1H3. The minimum Gasteiger partial charge on any atom is -0.497 e. The normalized spacial score (nSPS) is 18.4. The Labute approximate surface area is 123 Å². The molecular formula is C14H19BrO3S. The van der Waals surface area contributed by atoms with Crippen molar-refractivity contribution in [2.24, 2.45) is 5.41 Å². The van der Waals surface area contributed by atoms with Crippen molar-refractivity contribution in [2.45, 2.75) is 30.6 Å². The number of methoxy groups -OCH3 is 1. The van der Waals surface area contributed by atoms with Gasteiger partial charge in [-0.15, -0.1) is 0 Å². The Hall–Kier alpha value is -0.550. The molecule has 5 heteroatoms. The summed E-state index contributed by atoms with van der Waals surface area (Å²) in [6.07, 6.45) is 4.24.